The minimum atomic E-state index is -0.112. The van der Waals surface area contributed by atoms with E-state index in [1.54, 1.807) is 0 Å². The van der Waals surface area contributed by atoms with Gasteiger partial charge in [0.2, 0.25) is 0 Å². The summed E-state index contributed by atoms with van der Waals surface area (Å²) in [5, 5.41) is 5.71. The number of hydrogen-bond acceptors (Lipinski definition) is 3. The Balaban J connectivity index is 2.33. The molecule has 0 saturated carbocycles. The maximum absolute atomic E-state index is 11.6. The molecule has 0 spiro atoms. The second kappa shape index (κ2) is 10.0. The van der Waals surface area contributed by atoms with Crippen LogP contribution in [0.4, 0.5) is 10.6 Å². The molecule has 0 aliphatic carbocycles. The van der Waals surface area contributed by atoms with Gasteiger partial charge in [-0.05, 0) is 31.9 Å². The van der Waals surface area contributed by atoms with Crippen molar-refractivity contribution in [1.82, 2.24) is 15.6 Å². The molecule has 0 atom stereocenters. The highest BCUT2D eigenvalue weighted by Crippen LogP contribution is 2.10. The average molecular weight is 292 g/mol. The van der Waals surface area contributed by atoms with Gasteiger partial charge < -0.3 is 15.5 Å². The number of hydrogen-bond donors (Lipinski definition) is 2. The molecule has 1 aromatic heterocycles. The van der Waals surface area contributed by atoms with Gasteiger partial charge in [-0.2, -0.15) is 0 Å². The fourth-order valence-electron chi connectivity index (χ4n) is 2.08. The van der Waals surface area contributed by atoms with E-state index >= 15 is 0 Å². The summed E-state index contributed by atoms with van der Waals surface area (Å²) < 4.78 is 0. The van der Waals surface area contributed by atoms with Crippen LogP contribution >= 0.6 is 0 Å². The predicted octanol–water partition coefficient (Wildman–Crippen LogP) is 2.92. The number of nitrogens with zero attached hydrogens (tertiary/aromatic N) is 2. The van der Waals surface area contributed by atoms with Crippen molar-refractivity contribution in [3.63, 3.8) is 0 Å². The van der Waals surface area contributed by atoms with Crippen LogP contribution in [-0.2, 0) is 6.54 Å². The Morgan fingerprint density at radius 1 is 1.14 bits per heavy atom. The van der Waals surface area contributed by atoms with Crippen molar-refractivity contribution in [3.05, 3.63) is 23.9 Å². The highest BCUT2D eigenvalue weighted by Gasteiger charge is 2.04. The molecule has 2 N–H and O–H groups in total. The summed E-state index contributed by atoms with van der Waals surface area (Å²) in [7, 11) is 0. The van der Waals surface area contributed by atoms with E-state index in [4.69, 9.17) is 0 Å². The molecule has 0 saturated heterocycles. The third-order valence-corrected chi connectivity index (χ3v) is 3.42. The van der Waals surface area contributed by atoms with E-state index in [9.17, 15) is 4.79 Å². The molecule has 5 nitrogen and oxygen atoms in total. The number of carbonyl (C=O) groups is 1. The van der Waals surface area contributed by atoms with Crippen LogP contribution in [0.2, 0.25) is 0 Å². The second-order valence-corrected chi connectivity index (χ2v) is 5.01. The summed E-state index contributed by atoms with van der Waals surface area (Å²) in [6.45, 7) is 9.51. The number of anilines is 1. The van der Waals surface area contributed by atoms with Crippen LogP contribution in [0.3, 0.4) is 0 Å². The van der Waals surface area contributed by atoms with Crippen molar-refractivity contribution in [3.8, 4) is 0 Å². The molecule has 118 valence electrons. The maximum atomic E-state index is 11.6. The van der Waals surface area contributed by atoms with Gasteiger partial charge in [0, 0.05) is 32.4 Å². The third kappa shape index (κ3) is 6.47. The lowest BCUT2D eigenvalue weighted by Crippen LogP contribution is -2.35. The zero-order chi connectivity index (χ0) is 15.5. The fraction of sp³-hybridized carbons (Fsp3) is 0.625. The molecular weight excluding hydrogens is 264 g/mol. The van der Waals surface area contributed by atoms with Crippen LogP contribution in [0, 0.1) is 0 Å². The number of amides is 2. The van der Waals surface area contributed by atoms with Gasteiger partial charge in [0.15, 0.2) is 0 Å². The number of aromatic nitrogens is 1. The van der Waals surface area contributed by atoms with Crippen LogP contribution in [0.25, 0.3) is 0 Å². The normalized spacial score (nSPS) is 10.2. The van der Waals surface area contributed by atoms with E-state index < -0.39 is 0 Å². The van der Waals surface area contributed by atoms with E-state index in [0.717, 1.165) is 50.3 Å². The van der Waals surface area contributed by atoms with Crippen molar-refractivity contribution in [2.24, 2.45) is 0 Å². The number of urea groups is 1. The summed E-state index contributed by atoms with van der Waals surface area (Å²) in [5.41, 5.74) is 1.01. The predicted molar refractivity (Wildman–Crippen MR) is 87.6 cm³/mol. The largest absolute Gasteiger partial charge is 0.357 e. The van der Waals surface area contributed by atoms with Crippen molar-refractivity contribution in [1.29, 1.82) is 0 Å². The first-order valence-electron chi connectivity index (χ1n) is 7.92. The van der Waals surface area contributed by atoms with Crippen LogP contribution in [-0.4, -0.2) is 30.6 Å². The molecule has 21 heavy (non-hydrogen) atoms. The van der Waals surface area contributed by atoms with E-state index in [-0.39, 0.29) is 6.03 Å². The summed E-state index contributed by atoms with van der Waals surface area (Å²) in [6.07, 6.45) is 5.17. The van der Waals surface area contributed by atoms with E-state index in [1.807, 2.05) is 18.3 Å². The van der Waals surface area contributed by atoms with Gasteiger partial charge >= 0.3 is 6.03 Å². The summed E-state index contributed by atoms with van der Waals surface area (Å²) in [5.74, 6) is 0.979. The van der Waals surface area contributed by atoms with Gasteiger partial charge in [0.1, 0.15) is 5.82 Å². The lowest BCUT2D eigenvalue weighted by molar-refractivity contribution is 0.240. The van der Waals surface area contributed by atoms with Crippen molar-refractivity contribution in [2.75, 3.05) is 24.5 Å². The topological polar surface area (TPSA) is 57.3 Å². The molecule has 0 aromatic carbocycles. The van der Waals surface area contributed by atoms with Crippen molar-refractivity contribution >= 4 is 11.8 Å². The molecule has 0 radical (unpaired) electrons. The van der Waals surface area contributed by atoms with E-state index in [1.165, 1.54) is 0 Å². The molecule has 0 aliphatic heterocycles. The van der Waals surface area contributed by atoms with Gasteiger partial charge in [-0.25, -0.2) is 9.78 Å². The van der Waals surface area contributed by atoms with Crippen LogP contribution < -0.4 is 15.5 Å². The number of pyridine rings is 1. The summed E-state index contributed by atoms with van der Waals surface area (Å²) >= 11 is 0. The van der Waals surface area contributed by atoms with Gasteiger partial charge in [-0.1, -0.05) is 25.8 Å². The van der Waals surface area contributed by atoms with E-state index in [0.29, 0.717) is 6.54 Å². The van der Waals surface area contributed by atoms with Gasteiger partial charge in [-0.3, -0.25) is 0 Å². The standard InChI is InChI=1S/C16H28N4O/c1-4-7-8-11-17-16(21)19-13-14-9-10-15(18-12-14)20(5-2)6-3/h9-10,12H,4-8,11,13H2,1-3H3,(H2,17,19,21). The first-order chi connectivity index (χ1) is 10.2. The zero-order valence-electron chi connectivity index (χ0n) is 13.5. The molecule has 0 aliphatic rings. The van der Waals surface area contributed by atoms with Gasteiger partial charge in [0.05, 0.1) is 0 Å². The SMILES string of the molecule is CCCCCNC(=O)NCc1ccc(N(CC)CC)nc1. The Morgan fingerprint density at radius 3 is 2.48 bits per heavy atom. The summed E-state index contributed by atoms with van der Waals surface area (Å²) in [4.78, 5) is 18.2. The Kier molecular flexibility index (Phi) is 8.24. The molecule has 0 fully saturated rings. The first kappa shape index (κ1) is 17.3. The number of nitrogens with one attached hydrogen (secondary N) is 2. The highest BCUT2D eigenvalue weighted by atomic mass is 16.2. The van der Waals surface area contributed by atoms with Crippen molar-refractivity contribution in [2.45, 2.75) is 46.6 Å². The van der Waals surface area contributed by atoms with Crippen LogP contribution in [0.1, 0.15) is 45.6 Å². The zero-order valence-corrected chi connectivity index (χ0v) is 13.5. The van der Waals surface area contributed by atoms with Gasteiger partial charge in [-0.15, -0.1) is 0 Å². The van der Waals surface area contributed by atoms with E-state index in [2.05, 4.69) is 41.3 Å². The average Bonchev–Trinajstić information content (AvgIpc) is 2.52. The van der Waals surface area contributed by atoms with Crippen LogP contribution in [0.15, 0.2) is 18.3 Å². The molecule has 2 amide bonds. The molecule has 1 aromatic rings. The molecular formula is C16H28N4O. The monoisotopic (exact) mass is 292 g/mol. The molecule has 0 unspecified atom stereocenters. The smallest absolute Gasteiger partial charge is 0.315 e. The van der Waals surface area contributed by atoms with Gasteiger partial charge in [0.25, 0.3) is 0 Å². The Hall–Kier alpha value is -1.78. The second-order valence-electron chi connectivity index (χ2n) is 5.01. The quantitative estimate of drug-likeness (QED) is 0.688. The molecule has 0 bridgehead atoms. The molecule has 5 heteroatoms. The first-order valence-corrected chi connectivity index (χ1v) is 7.92. The highest BCUT2D eigenvalue weighted by molar-refractivity contribution is 5.73. The maximum Gasteiger partial charge on any atom is 0.315 e. The lowest BCUT2D eigenvalue weighted by Gasteiger charge is -2.19. The van der Waals surface area contributed by atoms with Crippen LogP contribution in [0.5, 0.6) is 0 Å². The molecule has 1 rings (SSSR count). The minimum Gasteiger partial charge on any atom is -0.357 e. The Bertz CT molecular complexity index is 401. The Morgan fingerprint density at radius 2 is 1.90 bits per heavy atom. The molecule has 1 heterocycles. The Labute approximate surface area is 128 Å². The number of rotatable bonds is 9. The fourth-order valence-corrected chi connectivity index (χ4v) is 2.08. The summed E-state index contributed by atoms with van der Waals surface area (Å²) in [6, 6.07) is 3.90. The number of unbranched alkanes of at least 4 members (excludes halogenated alkanes) is 2. The third-order valence-electron chi connectivity index (χ3n) is 3.42. The lowest BCUT2D eigenvalue weighted by atomic mass is 10.2. The number of carbonyl (C=O) groups excluding carboxylic acids is 1. The minimum absolute atomic E-state index is 0.112. The van der Waals surface area contributed by atoms with Crippen molar-refractivity contribution < 1.29 is 4.79 Å².